The number of pyridine rings is 1. The molecule has 31 heavy (non-hydrogen) atoms. The van der Waals surface area contributed by atoms with Gasteiger partial charge in [0.15, 0.2) is 11.6 Å². The molecule has 0 bridgehead atoms. The highest BCUT2D eigenvalue weighted by Gasteiger charge is 2.21. The molecule has 4 rings (SSSR count). The molecule has 1 aromatic carbocycles. The second-order valence-electron chi connectivity index (χ2n) is 6.24. The maximum atomic E-state index is 14.0. The summed E-state index contributed by atoms with van der Waals surface area (Å²) < 4.78 is 94.4. The van der Waals surface area contributed by atoms with Crippen molar-refractivity contribution in [1.82, 2.24) is 20.1 Å². The number of rotatable bonds is 5. The average Bonchev–Trinajstić information content (AvgIpc) is 3.31. The number of anilines is 1. The molecule has 0 spiro atoms. The molecule has 0 amide bonds. The van der Waals surface area contributed by atoms with Crippen LogP contribution in [0.5, 0.6) is 5.75 Å². The molecule has 1 aliphatic rings. The number of hydrogen-bond acceptors (Lipinski definition) is 5. The van der Waals surface area contributed by atoms with Crippen LogP contribution in [0, 0.1) is 5.82 Å². The maximum Gasteiger partial charge on any atom is 0.166 e. The lowest BCUT2D eigenvalue weighted by molar-refractivity contribution is 0.227. The van der Waals surface area contributed by atoms with Gasteiger partial charge in [0, 0.05) is 39.5 Å². The lowest BCUT2D eigenvalue weighted by Crippen LogP contribution is -2.29. The normalized spacial score (nSPS) is 27.2. The molecule has 6 nitrogen and oxygen atoms in total. The number of nitrogens with zero attached hydrogens (tertiary/aromatic N) is 3. The molecule has 1 saturated heterocycles. The quantitative estimate of drug-likeness (QED) is 0.460. The second-order valence-corrected chi connectivity index (χ2v) is 7.03. The molecule has 1 aliphatic heterocycles. The third-order valence-corrected chi connectivity index (χ3v) is 4.99. The number of aromatic nitrogens is 3. The summed E-state index contributed by atoms with van der Waals surface area (Å²) in [6.07, 6.45) is -5.16. The van der Waals surface area contributed by atoms with Crippen LogP contribution in [0.2, 0.25) is 10.0 Å². The van der Waals surface area contributed by atoms with Gasteiger partial charge >= 0.3 is 0 Å². The lowest BCUT2D eigenvalue weighted by atomic mass is 10.1. The smallest absolute Gasteiger partial charge is 0.166 e. The van der Waals surface area contributed by atoms with Crippen LogP contribution in [0.1, 0.15) is 49.7 Å². The molecule has 3 heterocycles. The van der Waals surface area contributed by atoms with Gasteiger partial charge in [-0.2, -0.15) is 5.10 Å². The van der Waals surface area contributed by atoms with Crippen molar-refractivity contribution in [2.45, 2.75) is 31.8 Å². The van der Waals surface area contributed by atoms with Crippen LogP contribution in [0.4, 0.5) is 10.2 Å². The molecular weight excluding hydrogens is 464 g/mol. The standard InChI is InChI=1S/C21H22Cl2FN5O.ClH/c1-12(19-15(22)2-3-16(24)20(19)23)30-18-10-13(11-27-21(18)25)17-6-9-29(28-17)14-4-7-26-8-5-14;/h2-3,6,9-12,14,26H,4-5,7-8H2,1H3,(H2,25,27);1H/i4D2,5D2,7D2,8D2,14D;. The summed E-state index contributed by atoms with van der Waals surface area (Å²) in [6.45, 7) is -4.73. The van der Waals surface area contributed by atoms with E-state index in [-0.39, 0.29) is 50.8 Å². The van der Waals surface area contributed by atoms with Gasteiger partial charge in [0.1, 0.15) is 11.9 Å². The summed E-state index contributed by atoms with van der Waals surface area (Å²) in [5.74, 6) is -0.739. The zero-order valence-corrected chi connectivity index (χ0v) is 18.2. The third-order valence-electron chi connectivity index (χ3n) is 4.27. The number of piperidine rings is 1. The minimum atomic E-state index is -3.30. The molecule has 2 aromatic heterocycles. The zero-order chi connectivity index (χ0) is 29.3. The molecule has 3 aromatic rings. The van der Waals surface area contributed by atoms with Gasteiger partial charge in [0.2, 0.25) is 0 Å². The largest absolute Gasteiger partial charge is 0.482 e. The molecule has 0 radical (unpaired) electrons. The highest BCUT2D eigenvalue weighted by atomic mass is 35.5. The summed E-state index contributed by atoms with van der Waals surface area (Å²) in [7, 11) is 0. The number of hydrogen-bond donors (Lipinski definition) is 2. The molecular formula is C21H23Cl3FN5O. The Morgan fingerprint density at radius 1 is 1.35 bits per heavy atom. The first-order chi connectivity index (χ1) is 17.8. The van der Waals surface area contributed by atoms with Crippen LogP contribution in [-0.4, -0.2) is 27.8 Å². The van der Waals surface area contributed by atoms with Crippen LogP contribution in [0.25, 0.3) is 11.3 Å². The second kappa shape index (κ2) is 10.0. The first-order valence-corrected chi connectivity index (χ1v) is 9.45. The van der Waals surface area contributed by atoms with Crippen molar-refractivity contribution in [3.8, 4) is 17.0 Å². The summed E-state index contributed by atoms with van der Waals surface area (Å²) in [4.78, 5) is 4.05. The Hall–Kier alpha value is -2.06. The first-order valence-electron chi connectivity index (χ1n) is 13.2. The van der Waals surface area contributed by atoms with E-state index in [1.807, 2.05) is 0 Å². The van der Waals surface area contributed by atoms with Crippen molar-refractivity contribution in [2.75, 3.05) is 18.7 Å². The van der Waals surface area contributed by atoms with Gasteiger partial charge in [-0.1, -0.05) is 23.2 Å². The maximum absolute atomic E-state index is 14.0. The van der Waals surface area contributed by atoms with Crippen molar-refractivity contribution in [1.29, 1.82) is 0 Å². The molecule has 1 unspecified atom stereocenters. The fourth-order valence-corrected chi connectivity index (χ4v) is 3.49. The number of nitrogen functional groups attached to an aromatic ring is 1. The van der Waals surface area contributed by atoms with E-state index >= 15 is 0 Å². The van der Waals surface area contributed by atoms with Crippen molar-refractivity contribution < 1.29 is 21.5 Å². The third kappa shape index (κ3) is 5.06. The van der Waals surface area contributed by atoms with E-state index in [9.17, 15) is 4.39 Å². The van der Waals surface area contributed by atoms with Crippen LogP contribution in [0.3, 0.4) is 0 Å². The minimum Gasteiger partial charge on any atom is -0.482 e. The van der Waals surface area contributed by atoms with E-state index < -0.39 is 43.7 Å². The van der Waals surface area contributed by atoms with Gasteiger partial charge in [-0.15, -0.1) is 12.4 Å². The number of benzene rings is 1. The summed E-state index contributed by atoms with van der Waals surface area (Å²) >= 11 is 12.2. The fraction of sp³-hybridized carbons (Fsp3) is 0.333. The van der Waals surface area contributed by atoms with E-state index in [2.05, 4.69) is 10.1 Å². The lowest BCUT2D eigenvalue weighted by Gasteiger charge is -2.22. The van der Waals surface area contributed by atoms with E-state index in [4.69, 9.17) is 46.0 Å². The predicted octanol–water partition coefficient (Wildman–Crippen LogP) is 5.46. The molecule has 1 fully saturated rings. The Bertz CT molecular complexity index is 1420. The molecule has 166 valence electrons. The predicted molar refractivity (Wildman–Crippen MR) is 124 cm³/mol. The Morgan fingerprint density at radius 2 is 2.10 bits per heavy atom. The van der Waals surface area contributed by atoms with E-state index in [0.717, 1.165) is 12.3 Å². The molecule has 0 saturated carbocycles. The van der Waals surface area contributed by atoms with Crippen molar-refractivity contribution in [3.63, 3.8) is 0 Å². The zero-order valence-electron chi connectivity index (χ0n) is 24.9. The van der Waals surface area contributed by atoms with Gasteiger partial charge in [-0.05, 0) is 56.9 Å². The first kappa shape index (κ1) is 14.2. The fourth-order valence-electron chi connectivity index (χ4n) is 2.81. The van der Waals surface area contributed by atoms with Gasteiger partial charge < -0.3 is 15.8 Å². The topological polar surface area (TPSA) is 78.0 Å². The minimum absolute atomic E-state index is 0. The Balaban J connectivity index is 0.00000441. The highest BCUT2D eigenvalue weighted by Crippen LogP contribution is 2.36. The van der Waals surface area contributed by atoms with Crippen LogP contribution < -0.4 is 15.8 Å². The molecule has 3 N–H and O–H groups in total. The van der Waals surface area contributed by atoms with Crippen molar-refractivity contribution in [3.05, 3.63) is 58.1 Å². The van der Waals surface area contributed by atoms with Crippen LogP contribution >= 0.6 is 35.6 Å². The van der Waals surface area contributed by atoms with Crippen molar-refractivity contribution in [2.24, 2.45) is 0 Å². The Kier molecular flexibility index (Phi) is 4.59. The SMILES string of the molecule is Cl.[2H]C1([2H])NC([2H])([2H])C([2H])([2H])C([2H])(n2ccc(-c3cnc(N)c(OC(C)c4c(Cl)ccc(F)c4Cl)c3)n2)C1([2H])[2H]. The van der Waals surface area contributed by atoms with Crippen molar-refractivity contribution >= 4 is 41.4 Å². The van der Waals surface area contributed by atoms with Gasteiger partial charge in [-0.3, -0.25) is 4.68 Å². The van der Waals surface area contributed by atoms with Gasteiger partial charge in [0.25, 0.3) is 0 Å². The van der Waals surface area contributed by atoms with E-state index in [1.54, 1.807) is 12.2 Å². The average molecular weight is 496 g/mol. The number of nitrogens with one attached hydrogen (secondary N) is 1. The molecule has 10 heteroatoms. The number of ether oxygens (including phenoxy) is 1. The number of nitrogens with two attached hydrogens (primary N) is 1. The highest BCUT2D eigenvalue weighted by molar-refractivity contribution is 6.36. The van der Waals surface area contributed by atoms with E-state index in [0.29, 0.717) is 4.68 Å². The summed E-state index contributed by atoms with van der Waals surface area (Å²) in [6, 6.07) is 1.92. The summed E-state index contributed by atoms with van der Waals surface area (Å²) in [5.41, 5.74) is 6.39. The molecule has 0 aliphatic carbocycles. The van der Waals surface area contributed by atoms with Crippen LogP contribution in [-0.2, 0) is 0 Å². The number of halogens is 4. The van der Waals surface area contributed by atoms with Gasteiger partial charge in [0.05, 0.1) is 18.1 Å². The summed E-state index contributed by atoms with van der Waals surface area (Å²) in [5, 5.41) is 5.73. The monoisotopic (exact) mass is 494 g/mol. The van der Waals surface area contributed by atoms with Gasteiger partial charge in [-0.25, -0.2) is 9.37 Å². The Labute approximate surface area is 208 Å². The Morgan fingerprint density at radius 3 is 2.84 bits per heavy atom. The van der Waals surface area contributed by atoms with E-state index in [1.165, 1.54) is 24.4 Å². The molecule has 1 atom stereocenters. The van der Waals surface area contributed by atoms with Crippen LogP contribution in [0.15, 0.2) is 36.7 Å².